The van der Waals surface area contributed by atoms with Crippen LogP contribution in [0.25, 0.3) is 16.8 Å². The molecule has 0 aliphatic carbocycles. The molecule has 3 aromatic rings. The third-order valence-electron chi connectivity index (χ3n) is 2.49. The van der Waals surface area contributed by atoms with Gasteiger partial charge in [-0.15, -0.1) is 0 Å². The minimum atomic E-state index is 0.761. The number of benzene rings is 1. The molecule has 0 unspecified atom stereocenters. The molecule has 2 heterocycles. The van der Waals surface area contributed by atoms with Gasteiger partial charge in [-0.1, -0.05) is 12.1 Å². The quantitative estimate of drug-likeness (QED) is 0.625. The Balaban J connectivity index is 2.14. The number of nitrogens with zero attached hydrogens (tertiary/aromatic N) is 3. The van der Waals surface area contributed by atoms with E-state index in [2.05, 4.69) is 10.1 Å². The van der Waals surface area contributed by atoms with Gasteiger partial charge in [0.15, 0.2) is 5.65 Å². The van der Waals surface area contributed by atoms with E-state index in [9.17, 15) is 0 Å². The second-order valence-corrected chi connectivity index (χ2v) is 3.60. The highest BCUT2D eigenvalue weighted by Gasteiger charge is 2.00. The average molecular weight is 210 g/mol. The van der Waals surface area contributed by atoms with Crippen molar-refractivity contribution in [1.82, 2.24) is 14.6 Å². The van der Waals surface area contributed by atoms with Gasteiger partial charge in [-0.3, -0.25) is 0 Å². The SMILES string of the molecule is Nc1ccc(-c2cnc3ccnn3c2)cc1. The van der Waals surface area contributed by atoms with Crippen molar-refractivity contribution in [3.05, 3.63) is 48.9 Å². The molecular formula is C12H10N4. The molecular weight excluding hydrogens is 200 g/mol. The zero-order valence-electron chi connectivity index (χ0n) is 8.54. The van der Waals surface area contributed by atoms with Crippen LogP contribution in [0, 0.1) is 0 Å². The number of aromatic nitrogens is 3. The Morgan fingerprint density at radius 2 is 1.81 bits per heavy atom. The van der Waals surface area contributed by atoms with Crippen LogP contribution in [-0.4, -0.2) is 14.6 Å². The normalized spacial score (nSPS) is 10.8. The first-order chi connectivity index (χ1) is 7.83. The van der Waals surface area contributed by atoms with Gasteiger partial charge in [0, 0.05) is 29.7 Å². The molecule has 1 aromatic carbocycles. The summed E-state index contributed by atoms with van der Waals surface area (Å²) >= 11 is 0. The van der Waals surface area contributed by atoms with Gasteiger partial charge in [0.25, 0.3) is 0 Å². The van der Waals surface area contributed by atoms with Crippen molar-refractivity contribution in [2.45, 2.75) is 0 Å². The molecule has 0 fully saturated rings. The van der Waals surface area contributed by atoms with Gasteiger partial charge in [0.05, 0.1) is 6.20 Å². The van der Waals surface area contributed by atoms with E-state index >= 15 is 0 Å². The Morgan fingerprint density at radius 1 is 1.00 bits per heavy atom. The molecule has 0 atom stereocenters. The van der Waals surface area contributed by atoms with Crippen LogP contribution in [0.5, 0.6) is 0 Å². The molecule has 4 heteroatoms. The fraction of sp³-hybridized carbons (Fsp3) is 0. The van der Waals surface area contributed by atoms with Crippen molar-refractivity contribution in [3.63, 3.8) is 0 Å². The van der Waals surface area contributed by atoms with Crippen molar-refractivity contribution in [2.75, 3.05) is 5.73 Å². The summed E-state index contributed by atoms with van der Waals surface area (Å²) in [6.07, 6.45) is 5.52. The summed E-state index contributed by atoms with van der Waals surface area (Å²) in [5, 5.41) is 4.15. The number of nitrogens with two attached hydrogens (primary N) is 1. The number of nitrogen functional groups attached to an aromatic ring is 1. The van der Waals surface area contributed by atoms with E-state index in [4.69, 9.17) is 5.73 Å². The highest BCUT2D eigenvalue weighted by atomic mass is 15.2. The lowest BCUT2D eigenvalue weighted by atomic mass is 10.1. The number of hydrogen-bond donors (Lipinski definition) is 1. The summed E-state index contributed by atoms with van der Waals surface area (Å²) in [6.45, 7) is 0. The molecule has 0 bridgehead atoms. The maximum absolute atomic E-state index is 5.65. The Hall–Kier alpha value is -2.36. The molecule has 2 N–H and O–H groups in total. The van der Waals surface area contributed by atoms with E-state index in [1.54, 1.807) is 10.7 Å². The van der Waals surface area contributed by atoms with Crippen molar-refractivity contribution in [2.24, 2.45) is 0 Å². The average Bonchev–Trinajstić information content (AvgIpc) is 2.77. The molecule has 0 saturated heterocycles. The van der Waals surface area contributed by atoms with Crippen molar-refractivity contribution >= 4 is 11.3 Å². The Morgan fingerprint density at radius 3 is 2.62 bits per heavy atom. The molecule has 0 aliphatic heterocycles. The van der Waals surface area contributed by atoms with E-state index < -0.39 is 0 Å². The Bertz CT molecular complexity index is 625. The largest absolute Gasteiger partial charge is 0.399 e. The molecule has 4 nitrogen and oxygen atoms in total. The number of fused-ring (bicyclic) bond motifs is 1. The second kappa shape index (κ2) is 3.34. The molecule has 0 aliphatic rings. The lowest BCUT2D eigenvalue weighted by Crippen LogP contribution is -1.91. The zero-order valence-corrected chi connectivity index (χ0v) is 8.54. The first-order valence-electron chi connectivity index (χ1n) is 4.98. The van der Waals surface area contributed by atoms with Gasteiger partial charge < -0.3 is 5.73 Å². The van der Waals surface area contributed by atoms with Crippen molar-refractivity contribution in [1.29, 1.82) is 0 Å². The van der Waals surface area contributed by atoms with Crippen LogP contribution in [0.3, 0.4) is 0 Å². The topological polar surface area (TPSA) is 56.2 Å². The molecule has 0 amide bonds. The molecule has 2 aromatic heterocycles. The fourth-order valence-electron chi connectivity index (χ4n) is 1.63. The standard InChI is InChI=1S/C12H10N4/c13-11-3-1-9(2-4-11)10-7-14-12-5-6-15-16(12)8-10/h1-8H,13H2. The summed E-state index contributed by atoms with van der Waals surface area (Å²) in [5.41, 5.74) is 9.36. The summed E-state index contributed by atoms with van der Waals surface area (Å²) in [4.78, 5) is 4.31. The van der Waals surface area contributed by atoms with Gasteiger partial charge in [-0.2, -0.15) is 5.10 Å². The highest BCUT2D eigenvalue weighted by molar-refractivity contribution is 5.64. The molecule has 0 saturated carbocycles. The van der Waals surface area contributed by atoms with Crippen LogP contribution < -0.4 is 5.73 Å². The van der Waals surface area contributed by atoms with E-state index in [1.165, 1.54) is 0 Å². The van der Waals surface area contributed by atoms with Crippen molar-refractivity contribution in [3.8, 4) is 11.1 Å². The van der Waals surface area contributed by atoms with Crippen molar-refractivity contribution < 1.29 is 0 Å². The van der Waals surface area contributed by atoms with Crippen LogP contribution in [0.1, 0.15) is 0 Å². The van der Waals surface area contributed by atoms with E-state index in [0.29, 0.717) is 0 Å². The van der Waals surface area contributed by atoms with Gasteiger partial charge in [0.1, 0.15) is 0 Å². The lowest BCUT2D eigenvalue weighted by Gasteiger charge is -2.02. The summed E-state index contributed by atoms with van der Waals surface area (Å²) < 4.78 is 1.76. The predicted octanol–water partition coefficient (Wildman–Crippen LogP) is 1.98. The molecule has 0 spiro atoms. The smallest absolute Gasteiger partial charge is 0.154 e. The zero-order chi connectivity index (χ0) is 11.0. The fourth-order valence-corrected chi connectivity index (χ4v) is 1.63. The van der Waals surface area contributed by atoms with Crippen LogP contribution in [0.15, 0.2) is 48.9 Å². The van der Waals surface area contributed by atoms with Crippen LogP contribution in [-0.2, 0) is 0 Å². The van der Waals surface area contributed by atoms with Crippen LogP contribution >= 0.6 is 0 Å². The Kier molecular flexibility index (Phi) is 1.86. The lowest BCUT2D eigenvalue weighted by molar-refractivity contribution is 0.941. The third-order valence-corrected chi connectivity index (χ3v) is 2.49. The number of anilines is 1. The minimum absolute atomic E-state index is 0.761. The maximum Gasteiger partial charge on any atom is 0.154 e. The van der Waals surface area contributed by atoms with E-state index in [-0.39, 0.29) is 0 Å². The van der Waals surface area contributed by atoms with E-state index in [1.807, 2.05) is 42.7 Å². The summed E-state index contributed by atoms with van der Waals surface area (Å²) in [5.74, 6) is 0. The first-order valence-corrected chi connectivity index (χ1v) is 4.98. The minimum Gasteiger partial charge on any atom is -0.399 e. The number of rotatable bonds is 1. The summed E-state index contributed by atoms with van der Waals surface area (Å²) in [7, 11) is 0. The van der Waals surface area contributed by atoms with Gasteiger partial charge in [-0.05, 0) is 17.7 Å². The monoisotopic (exact) mass is 210 g/mol. The van der Waals surface area contributed by atoms with Crippen LogP contribution in [0.2, 0.25) is 0 Å². The Labute approximate surface area is 92.4 Å². The second-order valence-electron chi connectivity index (χ2n) is 3.60. The highest BCUT2D eigenvalue weighted by Crippen LogP contribution is 2.19. The van der Waals surface area contributed by atoms with Gasteiger partial charge in [-0.25, -0.2) is 9.50 Å². The van der Waals surface area contributed by atoms with Gasteiger partial charge in [0.2, 0.25) is 0 Å². The third kappa shape index (κ3) is 1.40. The summed E-state index contributed by atoms with van der Waals surface area (Å²) in [6, 6.07) is 9.57. The predicted molar refractivity (Wildman–Crippen MR) is 62.8 cm³/mol. The maximum atomic E-state index is 5.65. The molecule has 78 valence electrons. The molecule has 0 radical (unpaired) electrons. The molecule has 3 rings (SSSR count). The van der Waals surface area contributed by atoms with Crippen LogP contribution in [0.4, 0.5) is 5.69 Å². The number of hydrogen-bond acceptors (Lipinski definition) is 3. The van der Waals surface area contributed by atoms with Gasteiger partial charge >= 0.3 is 0 Å². The first kappa shape index (κ1) is 8.91. The van der Waals surface area contributed by atoms with E-state index in [0.717, 1.165) is 22.5 Å². The molecule has 16 heavy (non-hydrogen) atoms.